The molecule has 0 aromatic heterocycles. The van der Waals surface area contributed by atoms with Crippen LogP contribution in [0.3, 0.4) is 0 Å². The van der Waals surface area contributed by atoms with E-state index in [4.69, 9.17) is 0 Å². The van der Waals surface area contributed by atoms with Crippen molar-refractivity contribution in [1.29, 1.82) is 0 Å². The molecule has 3 rings (SSSR count). The Hall–Kier alpha value is -0.0800. The number of hydrogen-bond acceptors (Lipinski definition) is 2. The monoisotopic (exact) mass is 424 g/mol. The highest BCUT2D eigenvalue weighted by molar-refractivity contribution is 4.79. The molecule has 0 aromatic rings. The quantitative estimate of drug-likeness (QED) is 0.422. The lowest BCUT2D eigenvalue weighted by atomic mass is 9.76. The number of rotatable bonds is 0. The Labute approximate surface area is 192 Å². The van der Waals surface area contributed by atoms with E-state index in [9.17, 15) is 0 Å². The largest absolute Gasteiger partial charge is 0.317 e. The number of piperidine rings is 2. The lowest BCUT2D eigenvalue weighted by Crippen LogP contribution is -2.44. The Morgan fingerprint density at radius 3 is 1.23 bits per heavy atom. The van der Waals surface area contributed by atoms with Crippen molar-refractivity contribution in [3.8, 4) is 0 Å². The molecule has 1 N–H and O–H groups in total. The lowest BCUT2D eigenvalue weighted by molar-refractivity contribution is 0.111. The predicted octanol–water partition coefficient (Wildman–Crippen LogP) is 8.16. The molecule has 2 heteroatoms. The molecule has 182 valence electrons. The molecule has 0 spiro atoms. The fourth-order valence-corrected chi connectivity index (χ4v) is 5.04. The number of nitrogens with zero attached hydrogens (tertiary/aromatic N) is 1. The van der Waals surface area contributed by atoms with Gasteiger partial charge in [0.15, 0.2) is 0 Å². The van der Waals surface area contributed by atoms with Crippen LogP contribution in [0.5, 0.6) is 0 Å². The molecule has 2 nitrogen and oxygen atoms in total. The summed E-state index contributed by atoms with van der Waals surface area (Å²) < 4.78 is 0. The highest BCUT2D eigenvalue weighted by Gasteiger charge is 2.27. The van der Waals surface area contributed by atoms with Crippen LogP contribution in [0.4, 0.5) is 0 Å². The van der Waals surface area contributed by atoms with Crippen molar-refractivity contribution >= 4 is 0 Å². The molecule has 3 aliphatic rings. The van der Waals surface area contributed by atoms with Gasteiger partial charge in [-0.3, -0.25) is 4.90 Å². The van der Waals surface area contributed by atoms with Crippen LogP contribution in [0.15, 0.2) is 0 Å². The Morgan fingerprint density at radius 1 is 0.567 bits per heavy atom. The first-order valence-corrected chi connectivity index (χ1v) is 12.8. The zero-order chi connectivity index (χ0) is 22.1. The van der Waals surface area contributed by atoms with Gasteiger partial charge in [-0.05, 0) is 108 Å². The Balaban J connectivity index is 0.000000414. The van der Waals surface area contributed by atoms with Crippen molar-refractivity contribution in [3.63, 3.8) is 0 Å². The first kappa shape index (κ1) is 29.9. The zero-order valence-corrected chi connectivity index (χ0v) is 21.8. The van der Waals surface area contributed by atoms with Gasteiger partial charge in [0.2, 0.25) is 0 Å². The maximum Gasteiger partial charge on any atom is 0.0125 e. The second-order valence-corrected chi connectivity index (χ2v) is 13.0. The molecular formula is C28H60N2. The summed E-state index contributed by atoms with van der Waals surface area (Å²) in [5.74, 6) is 1.95. The van der Waals surface area contributed by atoms with E-state index >= 15 is 0 Å². The van der Waals surface area contributed by atoms with Gasteiger partial charge >= 0.3 is 0 Å². The predicted molar refractivity (Wildman–Crippen MR) is 138 cm³/mol. The molecule has 2 aliphatic heterocycles. The van der Waals surface area contributed by atoms with Gasteiger partial charge < -0.3 is 5.32 Å². The minimum atomic E-state index is 0. The molecule has 30 heavy (non-hydrogen) atoms. The summed E-state index contributed by atoms with van der Waals surface area (Å²) in [5.41, 5.74) is 1.51. The summed E-state index contributed by atoms with van der Waals surface area (Å²) in [6.45, 7) is 26.1. The van der Waals surface area contributed by atoms with Gasteiger partial charge in [-0.1, -0.05) is 68.2 Å². The first-order chi connectivity index (χ1) is 13.3. The zero-order valence-electron chi connectivity index (χ0n) is 21.8. The third kappa shape index (κ3) is 12.1. The summed E-state index contributed by atoms with van der Waals surface area (Å²) in [5, 5.41) is 3.39. The van der Waals surface area contributed by atoms with Crippen molar-refractivity contribution in [1.82, 2.24) is 10.2 Å². The van der Waals surface area contributed by atoms with Crippen LogP contribution in [0, 0.1) is 22.7 Å². The van der Waals surface area contributed by atoms with Crippen LogP contribution < -0.4 is 5.32 Å². The van der Waals surface area contributed by atoms with Crippen LogP contribution in [-0.2, 0) is 0 Å². The molecule has 3 fully saturated rings. The van der Waals surface area contributed by atoms with E-state index in [0.717, 1.165) is 11.8 Å². The standard InChI is InChI=1S/2C9H19N.C9H18.CH4/c1-9(2,3)8-4-6-10-7-5-8;1-9(2,3)10-7-5-4-6-8-10;1-9(2,3)8-6-4-5-7-8;/h8,10H,4-7H2,1-3H3;4-8H2,1-3H3;8H,4-7H2,1-3H3;1H4. The van der Waals surface area contributed by atoms with Crippen molar-refractivity contribution in [2.45, 2.75) is 133 Å². The fourth-order valence-electron chi connectivity index (χ4n) is 5.04. The fraction of sp³-hybridized carbons (Fsp3) is 1.00. The summed E-state index contributed by atoms with van der Waals surface area (Å²) >= 11 is 0. The minimum absolute atomic E-state index is 0. The lowest BCUT2D eigenvalue weighted by Gasteiger charge is -2.38. The van der Waals surface area contributed by atoms with E-state index in [2.05, 4.69) is 72.5 Å². The molecular weight excluding hydrogens is 364 g/mol. The Morgan fingerprint density at radius 2 is 0.967 bits per heavy atom. The van der Waals surface area contributed by atoms with Gasteiger partial charge in [0.05, 0.1) is 0 Å². The molecule has 0 aromatic carbocycles. The molecule has 0 bridgehead atoms. The summed E-state index contributed by atoms with van der Waals surface area (Å²) in [7, 11) is 0. The van der Waals surface area contributed by atoms with E-state index in [1.54, 1.807) is 0 Å². The average molecular weight is 425 g/mol. The smallest absolute Gasteiger partial charge is 0.0125 e. The SMILES string of the molecule is C.CC(C)(C)C1CCCC1.CC(C)(C)C1CCNCC1.CC(C)(C)N1CCCCC1. The number of nitrogens with one attached hydrogen (secondary N) is 1. The van der Waals surface area contributed by atoms with Crippen molar-refractivity contribution in [2.75, 3.05) is 26.2 Å². The maximum atomic E-state index is 3.39. The topological polar surface area (TPSA) is 15.3 Å². The molecule has 0 amide bonds. The summed E-state index contributed by atoms with van der Waals surface area (Å²) in [6.07, 6.45) is 12.9. The van der Waals surface area contributed by atoms with Crippen LogP contribution in [-0.4, -0.2) is 36.6 Å². The second kappa shape index (κ2) is 13.5. The second-order valence-electron chi connectivity index (χ2n) is 13.0. The van der Waals surface area contributed by atoms with Gasteiger partial charge in [-0.15, -0.1) is 0 Å². The van der Waals surface area contributed by atoms with Crippen molar-refractivity contribution in [3.05, 3.63) is 0 Å². The number of likely N-dealkylation sites (tertiary alicyclic amines) is 1. The van der Waals surface area contributed by atoms with Gasteiger partial charge in [0.1, 0.15) is 0 Å². The van der Waals surface area contributed by atoms with Gasteiger partial charge in [-0.25, -0.2) is 0 Å². The molecule has 0 atom stereocenters. The van der Waals surface area contributed by atoms with Crippen molar-refractivity contribution in [2.24, 2.45) is 22.7 Å². The van der Waals surface area contributed by atoms with Gasteiger partial charge in [0.25, 0.3) is 0 Å². The molecule has 1 aliphatic carbocycles. The third-order valence-electron chi connectivity index (χ3n) is 7.45. The minimum Gasteiger partial charge on any atom is -0.317 e. The van der Waals surface area contributed by atoms with E-state index < -0.39 is 0 Å². The highest BCUT2D eigenvalue weighted by atomic mass is 15.2. The highest BCUT2D eigenvalue weighted by Crippen LogP contribution is 2.38. The normalized spacial score (nSPS) is 22.3. The molecule has 2 heterocycles. The molecule has 1 saturated carbocycles. The third-order valence-corrected chi connectivity index (χ3v) is 7.45. The van der Waals surface area contributed by atoms with Crippen LogP contribution >= 0.6 is 0 Å². The van der Waals surface area contributed by atoms with Crippen LogP contribution in [0.25, 0.3) is 0 Å². The molecule has 0 radical (unpaired) electrons. The molecule has 0 unspecified atom stereocenters. The maximum absolute atomic E-state index is 3.39. The number of hydrogen-bond donors (Lipinski definition) is 1. The Kier molecular flexibility index (Phi) is 13.4. The Bertz CT molecular complexity index is 375. The molecule has 2 saturated heterocycles. The summed E-state index contributed by atoms with van der Waals surface area (Å²) in [6, 6.07) is 0. The van der Waals surface area contributed by atoms with E-state index in [-0.39, 0.29) is 7.43 Å². The average Bonchev–Trinajstić information content (AvgIpc) is 3.18. The first-order valence-electron chi connectivity index (χ1n) is 12.8. The van der Waals surface area contributed by atoms with Crippen LogP contribution in [0.2, 0.25) is 0 Å². The van der Waals surface area contributed by atoms with Crippen LogP contribution in [0.1, 0.15) is 128 Å². The van der Waals surface area contributed by atoms with Gasteiger partial charge in [0, 0.05) is 5.54 Å². The van der Waals surface area contributed by atoms with E-state index in [0.29, 0.717) is 16.4 Å². The summed E-state index contributed by atoms with van der Waals surface area (Å²) in [4.78, 5) is 2.58. The van der Waals surface area contributed by atoms with Gasteiger partial charge in [-0.2, -0.15) is 0 Å². The van der Waals surface area contributed by atoms with Crippen molar-refractivity contribution < 1.29 is 0 Å². The van der Waals surface area contributed by atoms with E-state index in [1.807, 2.05) is 0 Å². The van der Waals surface area contributed by atoms with E-state index in [1.165, 1.54) is 84.0 Å².